The zero-order valence-electron chi connectivity index (χ0n) is 8.73. The van der Waals surface area contributed by atoms with Gasteiger partial charge in [0.1, 0.15) is 0 Å². The molecule has 3 heteroatoms. The zero-order chi connectivity index (χ0) is 10.7. The van der Waals surface area contributed by atoms with Crippen LogP contribution in [0.5, 0.6) is 0 Å². The minimum atomic E-state index is 0.145. The number of carbonyl (C=O) groups excluding carboxylic acids is 1. The molecule has 0 saturated carbocycles. The average Bonchev–Trinajstić information content (AvgIpc) is 2.25. The molecule has 1 amide bonds. The molecular weight excluding hydrogens is 188 g/mol. The van der Waals surface area contributed by atoms with Crippen molar-refractivity contribution in [2.24, 2.45) is 5.73 Å². The van der Waals surface area contributed by atoms with Gasteiger partial charge >= 0.3 is 0 Å². The normalized spacial score (nSPS) is 21.8. The van der Waals surface area contributed by atoms with Gasteiger partial charge in [0, 0.05) is 25.6 Å². The van der Waals surface area contributed by atoms with Gasteiger partial charge < -0.3 is 10.6 Å². The molecule has 1 atom stereocenters. The van der Waals surface area contributed by atoms with Crippen LogP contribution >= 0.6 is 0 Å². The maximum absolute atomic E-state index is 11.6. The monoisotopic (exact) mass is 204 g/mol. The molecule has 0 aromatic heterocycles. The largest absolute Gasteiger partial charge is 0.337 e. The number of amides is 1. The van der Waals surface area contributed by atoms with E-state index in [4.69, 9.17) is 5.73 Å². The Morgan fingerprint density at radius 1 is 1.33 bits per heavy atom. The Labute approximate surface area is 89.9 Å². The summed E-state index contributed by atoms with van der Waals surface area (Å²) in [5.41, 5.74) is 7.01. The second-order valence-electron chi connectivity index (χ2n) is 4.06. The van der Waals surface area contributed by atoms with Crippen LogP contribution < -0.4 is 5.73 Å². The Kier molecular flexibility index (Phi) is 3.02. The summed E-state index contributed by atoms with van der Waals surface area (Å²) in [6.07, 6.45) is 1.41. The van der Waals surface area contributed by atoms with Crippen molar-refractivity contribution >= 4 is 5.91 Å². The van der Waals surface area contributed by atoms with Crippen LogP contribution in [-0.2, 0) is 11.3 Å². The van der Waals surface area contributed by atoms with E-state index in [1.54, 1.807) is 0 Å². The van der Waals surface area contributed by atoms with E-state index in [9.17, 15) is 4.79 Å². The first-order valence-electron chi connectivity index (χ1n) is 5.33. The fraction of sp³-hybridized carbons (Fsp3) is 0.417. The van der Waals surface area contributed by atoms with Crippen molar-refractivity contribution in [3.8, 4) is 0 Å². The van der Waals surface area contributed by atoms with Gasteiger partial charge in [0.25, 0.3) is 0 Å². The van der Waals surface area contributed by atoms with Gasteiger partial charge in [-0.05, 0) is 12.0 Å². The summed E-state index contributed by atoms with van der Waals surface area (Å²) in [7, 11) is 0. The van der Waals surface area contributed by atoms with Crippen molar-refractivity contribution in [2.45, 2.75) is 25.4 Å². The van der Waals surface area contributed by atoms with Crippen molar-refractivity contribution < 1.29 is 4.79 Å². The number of hydrogen-bond acceptors (Lipinski definition) is 2. The van der Waals surface area contributed by atoms with Gasteiger partial charge in [-0.25, -0.2) is 0 Å². The maximum Gasteiger partial charge on any atom is 0.222 e. The minimum absolute atomic E-state index is 0.145. The summed E-state index contributed by atoms with van der Waals surface area (Å²) in [6.45, 7) is 1.38. The lowest BCUT2D eigenvalue weighted by atomic mass is 10.1. The summed E-state index contributed by atoms with van der Waals surface area (Å²) < 4.78 is 0. The van der Waals surface area contributed by atoms with Crippen LogP contribution in [0.4, 0.5) is 0 Å². The Balaban J connectivity index is 2.01. The minimum Gasteiger partial charge on any atom is -0.337 e. The fourth-order valence-corrected chi connectivity index (χ4v) is 1.90. The lowest BCUT2D eigenvalue weighted by molar-refractivity contribution is -0.134. The molecule has 1 heterocycles. The summed E-state index contributed by atoms with van der Waals surface area (Å²) in [5, 5.41) is 0. The quantitative estimate of drug-likeness (QED) is 0.785. The van der Waals surface area contributed by atoms with Gasteiger partial charge in [0.15, 0.2) is 0 Å². The van der Waals surface area contributed by atoms with Gasteiger partial charge in [-0.15, -0.1) is 0 Å². The second kappa shape index (κ2) is 4.45. The van der Waals surface area contributed by atoms with Crippen molar-refractivity contribution in [3.63, 3.8) is 0 Å². The predicted octanol–water partition coefficient (Wildman–Crippen LogP) is 1.14. The Morgan fingerprint density at radius 2 is 2.07 bits per heavy atom. The molecule has 0 spiro atoms. The molecule has 1 aromatic carbocycles. The van der Waals surface area contributed by atoms with E-state index in [-0.39, 0.29) is 11.9 Å². The molecular formula is C12H16N2O. The maximum atomic E-state index is 11.6. The van der Waals surface area contributed by atoms with Crippen LogP contribution in [-0.4, -0.2) is 23.4 Å². The highest BCUT2D eigenvalue weighted by Gasteiger charge is 2.22. The van der Waals surface area contributed by atoms with Gasteiger partial charge in [-0.2, -0.15) is 0 Å². The molecule has 1 aliphatic rings. The van der Waals surface area contributed by atoms with Gasteiger partial charge in [-0.1, -0.05) is 30.3 Å². The highest BCUT2D eigenvalue weighted by Crippen LogP contribution is 2.13. The van der Waals surface area contributed by atoms with Crippen LogP contribution in [0.2, 0.25) is 0 Å². The number of nitrogens with two attached hydrogens (primary N) is 1. The smallest absolute Gasteiger partial charge is 0.222 e. The van der Waals surface area contributed by atoms with E-state index < -0.39 is 0 Å². The Bertz CT molecular complexity index is 337. The standard InChI is InChI=1S/C12H16N2O/c13-11-6-7-12(15)14(9-11)8-10-4-2-1-3-5-10/h1-5,11H,6-9,13H2. The molecule has 3 nitrogen and oxygen atoms in total. The SMILES string of the molecule is NC1CCC(=O)N(Cc2ccccc2)C1. The Morgan fingerprint density at radius 3 is 2.80 bits per heavy atom. The van der Waals surface area contributed by atoms with Crippen molar-refractivity contribution in [3.05, 3.63) is 35.9 Å². The number of piperidine rings is 1. The van der Waals surface area contributed by atoms with E-state index in [0.29, 0.717) is 19.5 Å². The third-order valence-electron chi connectivity index (χ3n) is 2.75. The summed E-state index contributed by atoms with van der Waals surface area (Å²) >= 11 is 0. The first-order chi connectivity index (χ1) is 7.25. The molecule has 1 aromatic rings. The highest BCUT2D eigenvalue weighted by molar-refractivity contribution is 5.77. The number of likely N-dealkylation sites (tertiary alicyclic amines) is 1. The molecule has 2 N–H and O–H groups in total. The Hall–Kier alpha value is -1.35. The van der Waals surface area contributed by atoms with Crippen LogP contribution in [0.1, 0.15) is 18.4 Å². The first kappa shape index (κ1) is 10.2. The summed E-state index contributed by atoms with van der Waals surface area (Å²) in [6, 6.07) is 10.2. The van der Waals surface area contributed by atoms with Crippen molar-refractivity contribution in [1.82, 2.24) is 4.90 Å². The van der Waals surface area contributed by atoms with Gasteiger partial charge in [0.2, 0.25) is 5.91 Å². The molecule has 80 valence electrons. The topological polar surface area (TPSA) is 46.3 Å². The van der Waals surface area contributed by atoms with E-state index in [2.05, 4.69) is 0 Å². The molecule has 2 rings (SSSR count). The molecule has 1 saturated heterocycles. The van der Waals surface area contributed by atoms with Crippen molar-refractivity contribution in [2.75, 3.05) is 6.54 Å². The average molecular weight is 204 g/mol. The molecule has 1 aliphatic heterocycles. The number of hydrogen-bond donors (Lipinski definition) is 1. The zero-order valence-corrected chi connectivity index (χ0v) is 8.73. The number of carbonyl (C=O) groups is 1. The van der Waals surface area contributed by atoms with Crippen LogP contribution in [0.3, 0.4) is 0 Å². The number of benzene rings is 1. The lowest BCUT2D eigenvalue weighted by Crippen LogP contribution is -2.45. The first-order valence-corrected chi connectivity index (χ1v) is 5.33. The predicted molar refractivity (Wildman–Crippen MR) is 59.1 cm³/mol. The van der Waals surface area contributed by atoms with Crippen LogP contribution in [0.15, 0.2) is 30.3 Å². The number of nitrogens with zero attached hydrogens (tertiary/aromatic N) is 1. The van der Waals surface area contributed by atoms with Crippen molar-refractivity contribution in [1.29, 1.82) is 0 Å². The molecule has 0 aliphatic carbocycles. The van der Waals surface area contributed by atoms with E-state index in [1.165, 1.54) is 5.56 Å². The van der Waals surface area contributed by atoms with Crippen LogP contribution in [0.25, 0.3) is 0 Å². The van der Waals surface area contributed by atoms with Gasteiger partial charge in [0.05, 0.1) is 0 Å². The fourth-order valence-electron chi connectivity index (χ4n) is 1.90. The lowest BCUT2D eigenvalue weighted by Gasteiger charge is -2.30. The van der Waals surface area contributed by atoms with Crippen LogP contribution in [0, 0.1) is 0 Å². The highest BCUT2D eigenvalue weighted by atomic mass is 16.2. The summed E-state index contributed by atoms with van der Waals surface area (Å²) in [4.78, 5) is 13.5. The van der Waals surface area contributed by atoms with E-state index >= 15 is 0 Å². The number of rotatable bonds is 2. The van der Waals surface area contributed by atoms with E-state index in [0.717, 1.165) is 6.42 Å². The molecule has 1 fully saturated rings. The molecule has 0 bridgehead atoms. The molecule has 15 heavy (non-hydrogen) atoms. The molecule has 1 unspecified atom stereocenters. The summed E-state index contributed by atoms with van der Waals surface area (Å²) in [5.74, 6) is 0.223. The van der Waals surface area contributed by atoms with E-state index in [1.807, 2.05) is 35.2 Å². The van der Waals surface area contributed by atoms with Gasteiger partial charge in [-0.3, -0.25) is 4.79 Å². The third-order valence-corrected chi connectivity index (χ3v) is 2.75. The third kappa shape index (κ3) is 2.57. The second-order valence-corrected chi connectivity index (χ2v) is 4.06. The molecule has 0 radical (unpaired) electrons.